The Balaban J connectivity index is 1.57. The first kappa shape index (κ1) is 25.1. The summed E-state index contributed by atoms with van der Waals surface area (Å²) in [7, 11) is 1.67. The van der Waals surface area contributed by atoms with E-state index in [1.165, 1.54) is 36.5 Å². The second-order valence-electron chi connectivity index (χ2n) is 7.25. The van der Waals surface area contributed by atoms with Gasteiger partial charge in [0.15, 0.2) is 12.0 Å². The SMILES string of the molecule is CN(CCOc1ccc(-c2ccc(OC(F)(F)F)cc2)cc1C=O)Cn1ccc(C(F)(F)F)n1. The van der Waals surface area contributed by atoms with E-state index in [0.717, 1.165) is 10.7 Å². The van der Waals surface area contributed by atoms with E-state index in [4.69, 9.17) is 4.74 Å². The quantitative estimate of drug-likeness (QED) is 0.305. The lowest BCUT2D eigenvalue weighted by Gasteiger charge is -2.17. The molecule has 0 unspecified atom stereocenters. The molecule has 0 aliphatic carbocycles. The molecular weight excluding hydrogens is 468 g/mol. The Hall–Kier alpha value is -3.54. The van der Waals surface area contributed by atoms with E-state index >= 15 is 0 Å². The van der Waals surface area contributed by atoms with Gasteiger partial charge in [0, 0.05) is 12.7 Å². The van der Waals surface area contributed by atoms with Crippen molar-refractivity contribution in [2.45, 2.75) is 19.2 Å². The molecule has 0 N–H and O–H groups in total. The van der Waals surface area contributed by atoms with Gasteiger partial charge in [0.1, 0.15) is 18.1 Å². The lowest BCUT2D eigenvalue weighted by molar-refractivity contribution is -0.274. The molecule has 0 fully saturated rings. The molecule has 3 aromatic rings. The highest BCUT2D eigenvalue weighted by Gasteiger charge is 2.33. The van der Waals surface area contributed by atoms with Crippen LogP contribution in [0.2, 0.25) is 0 Å². The van der Waals surface area contributed by atoms with Crippen molar-refractivity contribution < 1.29 is 40.6 Å². The number of hydrogen-bond acceptors (Lipinski definition) is 5. The zero-order valence-electron chi connectivity index (χ0n) is 17.7. The maximum atomic E-state index is 12.6. The van der Waals surface area contributed by atoms with Crippen LogP contribution in [-0.4, -0.2) is 47.5 Å². The third-order valence-corrected chi connectivity index (χ3v) is 4.61. The number of benzene rings is 2. The molecule has 1 heterocycles. The van der Waals surface area contributed by atoms with Crippen LogP contribution < -0.4 is 9.47 Å². The number of aldehydes is 1. The predicted octanol–water partition coefficient (Wildman–Crippen LogP) is 5.25. The molecule has 0 saturated heterocycles. The summed E-state index contributed by atoms with van der Waals surface area (Å²) in [6.07, 6.45) is -7.48. The van der Waals surface area contributed by atoms with E-state index in [-0.39, 0.29) is 24.6 Å². The van der Waals surface area contributed by atoms with Gasteiger partial charge in [0.05, 0.1) is 12.2 Å². The molecule has 0 spiro atoms. The van der Waals surface area contributed by atoms with Crippen LogP contribution in [0.1, 0.15) is 16.1 Å². The Bertz CT molecular complexity index is 1110. The molecule has 0 atom stereocenters. The second kappa shape index (κ2) is 10.2. The molecule has 12 heteroatoms. The summed E-state index contributed by atoms with van der Waals surface area (Å²) in [6.45, 7) is 0.586. The number of nitrogens with zero attached hydrogens (tertiary/aromatic N) is 3. The van der Waals surface area contributed by atoms with Crippen LogP contribution in [0.15, 0.2) is 54.7 Å². The highest BCUT2D eigenvalue weighted by atomic mass is 19.4. The number of carbonyl (C=O) groups excluding carboxylic acids is 1. The summed E-state index contributed by atoms with van der Waals surface area (Å²) in [5.74, 6) is -0.0664. The van der Waals surface area contributed by atoms with Gasteiger partial charge in [-0.05, 0) is 48.5 Å². The van der Waals surface area contributed by atoms with Gasteiger partial charge in [-0.1, -0.05) is 18.2 Å². The first-order chi connectivity index (χ1) is 15.9. The first-order valence-electron chi connectivity index (χ1n) is 9.82. The zero-order valence-corrected chi connectivity index (χ0v) is 17.7. The Morgan fingerprint density at radius 2 is 1.68 bits per heavy atom. The lowest BCUT2D eigenvalue weighted by atomic mass is 10.0. The van der Waals surface area contributed by atoms with Crippen molar-refractivity contribution in [1.29, 1.82) is 0 Å². The Kier molecular flexibility index (Phi) is 7.50. The first-order valence-corrected chi connectivity index (χ1v) is 9.82. The average molecular weight is 487 g/mol. The summed E-state index contributed by atoms with van der Waals surface area (Å²) < 4.78 is 85.4. The van der Waals surface area contributed by atoms with E-state index in [1.54, 1.807) is 24.1 Å². The maximum absolute atomic E-state index is 12.6. The van der Waals surface area contributed by atoms with Crippen LogP contribution in [0.3, 0.4) is 0 Å². The Morgan fingerprint density at radius 3 is 2.26 bits per heavy atom. The van der Waals surface area contributed by atoms with E-state index in [0.29, 0.717) is 29.7 Å². The number of halogens is 6. The third kappa shape index (κ3) is 6.98. The van der Waals surface area contributed by atoms with Crippen LogP contribution in [0, 0.1) is 0 Å². The smallest absolute Gasteiger partial charge is 0.492 e. The van der Waals surface area contributed by atoms with Gasteiger partial charge in [-0.2, -0.15) is 18.3 Å². The highest BCUT2D eigenvalue weighted by Crippen LogP contribution is 2.29. The molecule has 182 valence electrons. The fourth-order valence-corrected chi connectivity index (χ4v) is 3.02. The van der Waals surface area contributed by atoms with Crippen molar-refractivity contribution in [1.82, 2.24) is 14.7 Å². The largest absolute Gasteiger partial charge is 0.573 e. The number of ether oxygens (including phenoxy) is 2. The van der Waals surface area contributed by atoms with Gasteiger partial charge in [0.25, 0.3) is 0 Å². The van der Waals surface area contributed by atoms with Crippen molar-refractivity contribution in [2.24, 2.45) is 0 Å². The topological polar surface area (TPSA) is 56.6 Å². The van der Waals surface area contributed by atoms with Crippen LogP contribution in [0.4, 0.5) is 26.3 Å². The average Bonchev–Trinajstić information content (AvgIpc) is 3.22. The summed E-state index contributed by atoms with van der Waals surface area (Å²) >= 11 is 0. The normalized spacial score (nSPS) is 12.1. The number of rotatable bonds is 9. The van der Waals surface area contributed by atoms with Gasteiger partial charge in [-0.15, -0.1) is 13.2 Å². The van der Waals surface area contributed by atoms with Crippen LogP contribution in [-0.2, 0) is 12.8 Å². The molecule has 2 aromatic carbocycles. The van der Waals surface area contributed by atoms with Crippen LogP contribution >= 0.6 is 0 Å². The fourth-order valence-electron chi connectivity index (χ4n) is 3.02. The van der Waals surface area contributed by atoms with Crippen molar-refractivity contribution in [3.05, 3.63) is 66.0 Å². The molecule has 0 amide bonds. The van der Waals surface area contributed by atoms with Crippen molar-refractivity contribution in [2.75, 3.05) is 20.2 Å². The van der Waals surface area contributed by atoms with E-state index in [2.05, 4.69) is 9.84 Å². The minimum atomic E-state index is -4.79. The number of carbonyl (C=O) groups is 1. The van der Waals surface area contributed by atoms with Gasteiger partial charge in [-0.25, -0.2) is 0 Å². The van der Waals surface area contributed by atoms with Crippen molar-refractivity contribution >= 4 is 6.29 Å². The van der Waals surface area contributed by atoms with E-state index in [9.17, 15) is 31.1 Å². The van der Waals surface area contributed by atoms with E-state index < -0.39 is 18.2 Å². The summed E-state index contributed by atoms with van der Waals surface area (Å²) in [4.78, 5) is 13.2. The van der Waals surface area contributed by atoms with Crippen LogP contribution in [0.5, 0.6) is 11.5 Å². The molecule has 0 aliphatic rings. The monoisotopic (exact) mass is 487 g/mol. The molecule has 6 nitrogen and oxygen atoms in total. The number of hydrogen-bond donors (Lipinski definition) is 0. The minimum absolute atomic E-state index is 0.104. The number of aromatic nitrogens is 2. The minimum Gasteiger partial charge on any atom is -0.492 e. The summed E-state index contributed by atoms with van der Waals surface area (Å²) in [6, 6.07) is 10.8. The number of alkyl halides is 6. The van der Waals surface area contributed by atoms with Crippen molar-refractivity contribution in [3.63, 3.8) is 0 Å². The van der Waals surface area contributed by atoms with Gasteiger partial charge in [0.2, 0.25) is 0 Å². The number of likely N-dealkylation sites (N-methyl/N-ethyl adjacent to an activating group) is 1. The molecule has 0 saturated carbocycles. The van der Waals surface area contributed by atoms with Crippen molar-refractivity contribution in [3.8, 4) is 22.6 Å². The molecule has 3 rings (SSSR count). The fraction of sp³-hybridized carbons (Fsp3) is 0.273. The van der Waals surface area contributed by atoms with Gasteiger partial charge >= 0.3 is 12.5 Å². The Morgan fingerprint density at radius 1 is 1.00 bits per heavy atom. The molecule has 0 aliphatic heterocycles. The van der Waals surface area contributed by atoms with Gasteiger partial charge in [-0.3, -0.25) is 14.4 Å². The molecule has 0 radical (unpaired) electrons. The van der Waals surface area contributed by atoms with E-state index in [1.807, 2.05) is 0 Å². The summed E-state index contributed by atoms with van der Waals surface area (Å²) in [5, 5.41) is 3.48. The van der Waals surface area contributed by atoms with Gasteiger partial charge < -0.3 is 9.47 Å². The predicted molar refractivity (Wildman–Crippen MR) is 109 cm³/mol. The molecule has 34 heavy (non-hydrogen) atoms. The van der Waals surface area contributed by atoms with Crippen LogP contribution in [0.25, 0.3) is 11.1 Å². The second-order valence-corrected chi connectivity index (χ2v) is 7.25. The Labute approximate surface area is 190 Å². The lowest BCUT2D eigenvalue weighted by Crippen LogP contribution is -2.27. The third-order valence-electron chi connectivity index (χ3n) is 4.61. The maximum Gasteiger partial charge on any atom is 0.573 e. The molecule has 0 bridgehead atoms. The zero-order chi connectivity index (χ0) is 24.9. The highest BCUT2D eigenvalue weighted by molar-refractivity contribution is 5.83. The summed E-state index contributed by atoms with van der Waals surface area (Å²) in [5.41, 5.74) is 0.415. The molecule has 1 aromatic heterocycles. The standard InChI is InChI=1S/C22H19F6N3O3/c1-30(14-31-9-8-20(29-31)21(23,24)25)10-11-33-19-7-4-16(12-17(19)13-32)15-2-5-18(6-3-15)34-22(26,27)28/h2-9,12-13H,10-11,14H2,1H3. The molecular formula is C22H19F6N3O3.